The highest BCUT2D eigenvalue weighted by Gasteiger charge is 2.01. The fraction of sp³-hybridized carbons (Fsp3) is 0.400. The molecule has 0 N–H and O–H groups in total. The predicted octanol–water partition coefficient (Wildman–Crippen LogP) is 2.08. The SMILES string of the molecule is CCc1ccc(CC)c(C#N)n1. The first kappa shape index (κ1) is 8.73. The van der Waals surface area contributed by atoms with E-state index in [4.69, 9.17) is 5.26 Å². The lowest BCUT2D eigenvalue weighted by Crippen LogP contribution is -1.95. The van der Waals surface area contributed by atoms with Crippen LogP contribution in [0.25, 0.3) is 0 Å². The summed E-state index contributed by atoms with van der Waals surface area (Å²) in [4.78, 5) is 4.22. The Labute approximate surface area is 72.9 Å². The lowest BCUT2D eigenvalue weighted by Gasteiger charge is -2.01. The van der Waals surface area contributed by atoms with Gasteiger partial charge >= 0.3 is 0 Å². The molecule has 0 spiro atoms. The van der Waals surface area contributed by atoms with Gasteiger partial charge in [0.1, 0.15) is 11.8 Å². The molecule has 0 aromatic carbocycles. The summed E-state index contributed by atoms with van der Waals surface area (Å²) in [5.41, 5.74) is 2.61. The van der Waals surface area contributed by atoms with Crippen LogP contribution in [0.4, 0.5) is 0 Å². The highest BCUT2D eigenvalue weighted by molar-refractivity contribution is 5.32. The summed E-state index contributed by atoms with van der Waals surface area (Å²) in [6, 6.07) is 6.09. The van der Waals surface area contributed by atoms with Crippen LogP contribution in [-0.2, 0) is 12.8 Å². The van der Waals surface area contributed by atoms with E-state index in [1.807, 2.05) is 26.0 Å². The maximum absolute atomic E-state index is 8.76. The highest BCUT2D eigenvalue weighted by Crippen LogP contribution is 2.07. The van der Waals surface area contributed by atoms with Crippen molar-refractivity contribution in [2.45, 2.75) is 26.7 Å². The van der Waals surface area contributed by atoms with E-state index in [9.17, 15) is 0 Å². The molecule has 1 aromatic rings. The zero-order valence-electron chi connectivity index (χ0n) is 7.46. The number of hydrogen-bond acceptors (Lipinski definition) is 2. The molecule has 0 bridgehead atoms. The van der Waals surface area contributed by atoms with Crippen LogP contribution in [0, 0.1) is 11.3 Å². The van der Waals surface area contributed by atoms with Crippen LogP contribution in [0.2, 0.25) is 0 Å². The van der Waals surface area contributed by atoms with Crippen LogP contribution >= 0.6 is 0 Å². The van der Waals surface area contributed by atoms with Gasteiger partial charge in [-0.05, 0) is 24.5 Å². The second kappa shape index (κ2) is 3.87. The molecule has 62 valence electrons. The quantitative estimate of drug-likeness (QED) is 0.664. The van der Waals surface area contributed by atoms with Crippen molar-refractivity contribution in [3.05, 3.63) is 29.1 Å². The second-order valence-electron chi connectivity index (χ2n) is 2.63. The predicted molar refractivity (Wildman–Crippen MR) is 47.7 cm³/mol. The fourth-order valence-corrected chi connectivity index (χ4v) is 1.11. The highest BCUT2D eigenvalue weighted by atomic mass is 14.7. The molecule has 0 aliphatic heterocycles. The smallest absolute Gasteiger partial charge is 0.143 e. The van der Waals surface area contributed by atoms with Crippen LogP contribution in [0.5, 0.6) is 0 Å². The summed E-state index contributed by atoms with van der Waals surface area (Å²) in [6.45, 7) is 4.07. The first-order valence-electron chi connectivity index (χ1n) is 4.20. The summed E-state index contributed by atoms with van der Waals surface area (Å²) in [7, 11) is 0. The molecule has 0 aliphatic carbocycles. The Morgan fingerprint density at radius 3 is 2.58 bits per heavy atom. The molecule has 0 fully saturated rings. The third kappa shape index (κ3) is 1.62. The largest absolute Gasteiger partial charge is 0.242 e. The Morgan fingerprint density at radius 1 is 1.33 bits per heavy atom. The number of aromatic nitrogens is 1. The van der Waals surface area contributed by atoms with Crippen molar-refractivity contribution in [2.75, 3.05) is 0 Å². The number of rotatable bonds is 2. The number of hydrogen-bond donors (Lipinski definition) is 0. The minimum atomic E-state index is 0.580. The van der Waals surface area contributed by atoms with Gasteiger partial charge in [-0.15, -0.1) is 0 Å². The van der Waals surface area contributed by atoms with E-state index in [0.717, 1.165) is 24.1 Å². The zero-order chi connectivity index (χ0) is 8.97. The van der Waals surface area contributed by atoms with Gasteiger partial charge in [0.2, 0.25) is 0 Å². The number of aryl methyl sites for hydroxylation is 2. The van der Waals surface area contributed by atoms with Crippen LogP contribution < -0.4 is 0 Å². The van der Waals surface area contributed by atoms with E-state index < -0.39 is 0 Å². The van der Waals surface area contributed by atoms with E-state index in [1.54, 1.807) is 0 Å². The lowest BCUT2D eigenvalue weighted by atomic mass is 10.1. The molecule has 0 saturated heterocycles. The topological polar surface area (TPSA) is 36.7 Å². The summed E-state index contributed by atoms with van der Waals surface area (Å²) in [5, 5.41) is 8.76. The molecule has 1 aromatic heterocycles. The van der Waals surface area contributed by atoms with Crippen LogP contribution in [-0.4, -0.2) is 4.98 Å². The molecular formula is C10H12N2. The lowest BCUT2D eigenvalue weighted by molar-refractivity contribution is 0.989. The fourth-order valence-electron chi connectivity index (χ4n) is 1.11. The Morgan fingerprint density at radius 2 is 2.08 bits per heavy atom. The first-order valence-corrected chi connectivity index (χ1v) is 4.20. The van der Waals surface area contributed by atoms with Gasteiger partial charge in [-0.25, -0.2) is 4.98 Å². The van der Waals surface area contributed by atoms with E-state index in [0.29, 0.717) is 5.69 Å². The molecule has 1 rings (SSSR count). The Balaban J connectivity index is 3.13. The molecule has 2 heteroatoms. The van der Waals surface area contributed by atoms with Gasteiger partial charge in [-0.1, -0.05) is 19.9 Å². The minimum absolute atomic E-state index is 0.580. The molecule has 2 nitrogen and oxygen atoms in total. The van der Waals surface area contributed by atoms with Gasteiger partial charge in [-0.3, -0.25) is 0 Å². The molecule has 12 heavy (non-hydrogen) atoms. The Bertz CT molecular complexity index is 310. The van der Waals surface area contributed by atoms with Crippen molar-refractivity contribution >= 4 is 0 Å². The first-order chi connectivity index (χ1) is 5.81. The monoisotopic (exact) mass is 160 g/mol. The summed E-state index contributed by atoms with van der Waals surface area (Å²) in [5.74, 6) is 0. The molecule has 0 aliphatic rings. The van der Waals surface area contributed by atoms with E-state index >= 15 is 0 Å². The van der Waals surface area contributed by atoms with Gasteiger partial charge in [0, 0.05) is 5.69 Å². The standard InChI is InChI=1S/C10H12N2/c1-3-8-5-6-9(4-2)12-10(8)7-11/h5-6H,3-4H2,1-2H3. The number of nitrogens with zero attached hydrogens (tertiary/aromatic N) is 2. The van der Waals surface area contributed by atoms with E-state index in [-0.39, 0.29) is 0 Å². The maximum Gasteiger partial charge on any atom is 0.143 e. The van der Waals surface area contributed by atoms with Crippen molar-refractivity contribution in [2.24, 2.45) is 0 Å². The summed E-state index contributed by atoms with van der Waals surface area (Å²) in [6.07, 6.45) is 1.76. The van der Waals surface area contributed by atoms with Crippen molar-refractivity contribution in [1.82, 2.24) is 4.98 Å². The zero-order valence-corrected chi connectivity index (χ0v) is 7.46. The third-order valence-electron chi connectivity index (χ3n) is 1.89. The Kier molecular flexibility index (Phi) is 2.82. The van der Waals surface area contributed by atoms with Gasteiger partial charge in [0.25, 0.3) is 0 Å². The van der Waals surface area contributed by atoms with Crippen molar-refractivity contribution in [3.8, 4) is 6.07 Å². The van der Waals surface area contributed by atoms with Crippen molar-refractivity contribution < 1.29 is 0 Å². The molecule has 0 saturated carbocycles. The molecule has 0 radical (unpaired) electrons. The number of pyridine rings is 1. The van der Waals surface area contributed by atoms with Crippen LogP contribution in [0.1, 0.15) is 30.8 Å². The normalized spacial score (nSPS) is 9.42. The molecular weight excluding hydrogens is 148 g/mol. The maximum atomic E-state index is 8.76. The van der Waals surface area contributed by atoms with Gasteiger partial charge in [0.15, 0.2) is 0 Å². The van der Waals surface area contributed by atoms with E-state index in [1.165, 1.54) is 0 Å². The van der Waals surface area contributed by atoms with Crippen LogP contribution in [0.15, 0.2) is 12.1 Å². The average molecular weight is 160 g/mol. The molecule has 1 heterocycles. The molecule has 0 amide bonds. The van der Waals surface area contributed by atoms with E-state index in [2.05, 4.69) is 11.1 Å². The van der Waals surface area contributed by atoms with Gasteiger partial charge < -0.3 is 0 Å². The van der Waals surface area contributed by atoms with Crippen molar-refractivity contribution in [1.29, 1.82) is 5.26 Å². The summed E-state index contributed by atoms with van der Waals surface area (Å²) < 4.78 is 0. The van der Waals surface area contributed by atoms with Crippen molar-refractivity contribution in [3.63, 3.8) is 0 Å². The number of nitriles is 1. The minimum Gasteiger partial charge on any atom is -0.242 e. The average Bonchev–Trinajstić information content (AvgIpc) is 2.16. The molecule has 0 unspecified atom stereocenters. The molecule has 0 atom stereocenters. The Hall–Kier alpha value is -1.36. The second-order valence-corrected chi connectivity index (χ2v) is 2.63. The third-order valence-corrected chi connectivity index (χ3v) is 1.89. The van der Waals surface area contributed by atoms with Gasteiger partial charge in [-0.2, -0.15) is 5.26 Å². The summed E-state index contributed by atoms with van der Waals surface area (Å²) >= 11 is 0. The van der Waals surface area contributed by atoms with Crippen LogP contribution in [0.3, 0.4) is 0 Å². The van der Waals surface area contributed by atoms with Gasteiger partial charge in [0.05, 0.1) is 0 Å².